The summed E-state index contributed by atoms with van der Waals surface area (Å²) in [5, 5.41) is 6.03. The molecular formula is C21H23F2N3O2S. The van der Waals surface area contributed by atoms with Crippen molar-refractivity contribution < 1.29 is 18.3 Å². The lowest BCUT2D eigenvalue weighted by Crippen LogP contribution is -2.46. The van der Waals surface area contributed by atoms with E-state index in [0.717, 1.165) is 23.8 Å². The summed E-state index contributed by atoms with van der Waals surface area (Å²) in [5.74, 6) is -1.55. The largest absolute Gasteiger partial charge is 0.372 e. The van der Waals surface area contributed by atoms with Crippen LogP contribution in [0.2, 0.25) is 0 Å². The molecule has 3 rings (SSSR count). The van der Waals surface area contributed by atoms with Crippen molar-refractivity contribution in [1.82, 2.24) is 5.01 Å². The van der Waals surface area contributed by atoms with Crippen LogP contribution in [-0.4, -0.2) is 35.7 Å². The lowest BCUT2D eigenvalue weighted by atomic mass is 10.00. The number of benzene rings is 2. The summed E-state index contributed by atoms with van der Waals surface area (Å²) < 4.78 is 33.5. The number of hydrogen-bond acceptors (Lipinski definition) is 5. The van der Waals surface area contributed by atoms with Crippen LogP contribution in [0.1, 0.15) is 30.9 Å². The average molecular weight is 419 g/mol. The minimum atomic E-state index is -0.932. The molecule has 2 atom stereocenters. The Morgan fingerprint density at radius 1 is 1.28 bits per heavy atom. The molecule has 1 amide bonds. The van der Waals surface area contributed by atoms with Gasteiger partial charge in [-0.3, -0.25) is 4.79 Å². The van der Waals surface area contributed by atoms with Gasteiger partial charge in [-0.05, 0) is 50.1 Å². The molecule has 0 spiro atoms. The Morgan fingerprint density at radius 2 is 2.00 bits per heavy atom. The van der Waals surface area contributed by atoms with E-state index in [0.29, 0.717) is 19.4 Å². The second-order valence-corrected chi connectivity index (χ2v) is 7.97. The SMILES string of the molecule is CO[C@@H](C)C(=O)N1N=C(c2cc(F)ccc2F)S[C@@]1(CCCN)c1ccccc1. The van der Waals surface area contributed by atoms with Crippen LogP contribution in [-0.2, 0) is 14.4 Å². The van der Waals surface area contributed by atoms with Crippen molar-refractivity contribution >= 4 is 22.7 Å². The average Bonchev–Trinajstić information content (AvgIpc) is 3.14. The van der Waals surface area contributed by atoms with Gasteiger partial charge in [0.2, 0.25) is 0 Å². The van der Waals surface area contributed by atoms with Gasteiger partial charge in [0.1, 0.15) is 27.7 Å². The zero-order valence-electron chi connectivity index (χ0n) is 16.3. The Hall–Kier alpha value is -2.29. The lowest BCUT2D eigenvalue weighted by Gasteiger charge is -2.36. The van der Waals surface area contributed by atoms with E-state index in [1.807, 2.05) is 30.3 Å². The molecule has 0 unspecified atom stereocenters. The lowest BCUT2D eigenvalue weighted by molar-refractivity contribution is -0.144. The van der Waals surface area contributed by atoms with Crippen LogP contribution in [0.4, 0.5) is 8.78 Å². The number of hydrogen-bond donors (Lipinski definition) is 1. The molecule has 5 nitrogen and oxygen atoms in total. The minimum Gasteiger partial charge on any atom is -0.372 e. The number of nitrogens with two attached hydrogens (primary N) is 1. The number of carbonyl (C=O) groups excluding carboxylic acids is 1. The van der Waals surface area contributed by atoms with Gasteiger partial charge in [0.25, 0.3) is 5.91 Å². The molecule has 0 saturated heterocycles. The topological polar surface area (TPSA) is 67.9 Å². The molecule has 0 saturated carbocycles. The second-order valence-electron chi connectivity index (χ2n) is 6.70. The zero-order valence-corrected chi connectivity index (χ0v) is 17.1. The fourth-order valence-corrected chi connectivity index (χ4v) is 4.61. The minimum absolute atomic E-state index is 0.0171. The van der Waals surface area contributed by atoms with Crippen molar-refractivity contribution in [3.63, 3.8) is 0 Å². The van der Waals surface area contributed by atoms with Crippen molar-refractivity contribution in [3.8, 4) is 0 Å². The van der Waals surface area contributed by atoms with Gasteiger partial charge in [-0.2, -0.15) is 5.10 Å². The zero-order chi connectivity index (χ0) is 21.0. The van der Waals surface area contributed by atoms with Crippen LogP contribution in [0.15, 0.2) is 53.6 Å². The molecule has 0 fully saturated rings. The number of carbonyl (C=O) groups is 1. The molecule has 0 aromatic heterocycles. The highest BCUT2D eigenvalue weighted by Gasteiger charge is 2.49. The van der Waals surface area contributed by atoms with Gasteiger partial charge in [0, 0.05) is 12.7 Å². The Balaban J connectivity index is 2.15. The standard InChI is InChI=1S/C21H23F2N3O2S/c1-14(28-2)20(27)26-21(11-6-12-24,15-7-4-3-5-8-15)29-19(25-26)17-13-16(22)9-10-18(17)23/h3-5,7-10,13-14H,6,11-12,24H2,1-2H3/t14-,21-/m0/s1. The summed E-state index contributed by atoms with van der Waals surface area (Å²) >= 11 is 1.23. The highest BCUT2D eigenvalue weighted by molar-refractivity contribution is 8.15. The highest BCUT2D eigenvalue weighted by atomic mass is 32.2. The number of nitrogens with zero attached hydrogens (tertiary/aromatic N) is 2. The van der Waals surface area contributed by atoms with E-state index in [2.05, 4.69) is 5.10 Å². The van der Waals surface area contributed by atoms with Crippen LogP contribution in [0.25, 0.3) is 0 Å². The molecule has 0 aliphatic carbocycles. The Labute approximate surface area is 172 Å². The molecule has 8 heteroatoms. The van der Waals surface area contributed by atoms with E-state index in [1.54, 1.807) is 6.92 Å². The van der Waals surface area contributed by atoms with E-state index in [-0.39, 0.29) is 16.5 Å². The maximum absolute atomic E-state index is 14.5. The first-order chi connectivity index (χ1) is 13.9. The Bertz CT molecular complexity index is 910. The molecule has 154 valence electrons. The van der Waals surface area contributed by atoms with E-state index in [1.165, 1.54) is 23.9 Å². The maximum atomic E-state index is 14.5. The predicted molar refractivity (Wildman–Crippen MR) is 110 cm³/mol. The molecule has 2 N–H and O–H groups in total. The van der Waals surface area contributed by atoms with E-state index in [9.17, 15) is 13.6 Å². The molecule has 2 aromatic rings. The number of hydrazone groups is 1. The third kappa shape index (κ3) is 4.19. The number of ether oxygens (including phenoxy) is 1. The van der Waals surface area contributed by atoms with Crippen LogP contribution in [0.5, 0.6) is 0 Å². The molecule has 2 aromatic carbocycles. The monoisotopic (exact) mass is 419 g/mol. The summed E-state index contributed by atoms with van der Waals surface area (Å²) in [7, 11) is 1.44. The van der Waals surface area contributed by atoms with Gasteiger partial charge in [-0.15, -0.1) is 0 Å². The number of methoxy groups -OCH3 is 1. The summed E-state index contributed by atoms with van der Waals surface area (Å²) in [5.41, 5.74) is 6.60. The van der Waals surface area contributed by atoms with Gasteiger partial charge < -0.3 is 10.5 Å². The fourth-order valence-electron chi connectivity index (χ4n) is 3.19. The summed E-state index contributed by atoms with van der Waals surface area (Å²) in [4.78, 5) is 12.2. The van der Waals surface area contributed by atoms with Crippen LogP contribution >= 0.6 is 11.8 Å². The van der Waals surface area contributed by atoms with E-state index >= 15 is 0 Å². The van der Waals surface area contributed by atoms with Crippen molar-refractivity contribution in [2.45, 2.75) is 30.7 Å². The molecule has 29 heavy (non-hydrogen) atoms. The number of halogens is 2. The second kappa shape index (κ2) is 9.02. The predicted octanol–water partition coefficient (Wildman–Crippen LogP) is 3.83. The summed E-state index contributed by atoms with van der Waals surface area (Å²) in [6.45, 7) is 2.04. The van der Waals surface area contributed by atoms with Gasteiger partial charge >= 0.3 is 0 Å². The van der Waals surface area contributed by atoms with Gasteiger partial charge in [0.15, 0.2) is 0 Å². The smallest absolute Gasteiger partial charge is 0.273 e. The number of thioether (sulfide) groups is 1. The number of rotatable bonds is 7. The van der Waals surface area contributed by atoms with Crippen LogP contribution in [0.3, 0.4) is 0 Å². The van der Waals surface area contributed by atoms with Crippen LogP contribution < -0.4 is 5.73 Å². The third-order valence-electron chi connectivity index (χ3n) is 4.81. The summed E-state index contributed by atoms with van der Waals surface area (Å²) in [6.07, 6.45) is 0.350. The van der Waals surface area contributed by atoms with Crippen molar-refractivity contribution in [2.75, 3.05) is 13.7 Å². The number of amides is 1. The van der Waals surface area contributed by atoms with E-state index < -0.39 is 22.6 Å². The normalized spacial score (nSPS) is 19.9. The third-order valence-corrected chi connectivity index (χ3v) is 6.26. The molecule has 0 bridgehead atoms. The first-order valence-electron chi connectivity index (χ1n) is 9.28. The molecule has 1 aliphatic heterocycles. The van der Waals surface area contributed by atoms with Crippen LogP contribution in [0, 0.1) is 11.6 Å². The van der Waals surface area contributed by atoms with Crippen molar-refractivity contribution in [1.29, 1.82) is 0 Å². The Kier molecular flexibility index (Phi) is 6.66. The first-order valence-corrected chi connectivity index (χ1v) is 10.1. The van der Waals surface area contributed by atoms with Gasteiger partial charge in [-0.1, -0.05) is 42.1 Å². The first kappa shape index (κ1) is 21.4. The van der Waals surface area contributed by atoms with Gasteiger partial charge in [-0.25, -0.2) is 13.8 Å². The summed E-state index contributed by atoms with van der Waals surface area (Å²) in [6, 6.07) is 12.6. The van der Waals surface area contributed by atoms with Crippen molar-refractivity contribution in [3.05, 3.63) is 71.3 Å². The Morgan fingerprint density at radius 3 is 2.66 bits per heavy atom. The molecule has 0 radical (unpaired) electrons. The quantitative estimate of drug-likeness (QED) is 0.741. The molecule has 1 aliphatic rings. The van der Waals surface area contributed by atoms with E-state index in [4.69, 9.17) is 10.5 Å². The maximum Gasteiger partial charge on any atom is 0.273 e. The van der Waals surface area contributed by atoms with Gasteiger partial charge in [0.05, 0.1) is 0 Å². The molecular weight excluding hydrogens is 396 g/mol. The fraction of sp³-hybridized carbons (Fsp3) is 0.333. The van der Waals surface area contributed by atoms with Crippen molar-refractivity contribution in [2.24, 2.45) is 10.8 Å². The highest BCUT2D eigenvalue weighted by Crippen LogP contribution is 2.50. The molecule has 1 heterocycles.